The van der Waals surface area contributed by atoms with E-state index in [-0.39, 0.29) is 30.8 Å². The average Bonchev–Trinajstić information content (AvgIpc) is 2.85. The standard InChI is InChI=1S/C20H18Cl2N2O3.ClH/c21-16-6-5-13(11-17(16)22)20(7-8-23-9-10-27-20)12-24-18(25)14-3-1-2-4-15(14)19(24)26;/h1-6,11,23H,7-10,12H2;1H. The zero-order chi connectivity index (χ0) is 19.0. The second-order valence-electron chi connectivity index (χ2n) is 6.71. The van der Waals surface area contributed by atoms with Gasteiger partial charge in [-0.3, -0.25) is 14.5 Å². The first-order chi connectivity index (χ1) is 13.0. The fourth-order valence-corrected chi connectivity index (χ4v) is 3.97. The van der Waals surface area contributed by atoms with Gasteiger partial charge in [-0.25, -0.2) is 0 Å². The Kier molecular flexibility index (Phi) is 6.32. The van der Waals surface area contributed by atoms with Crippen LogP contribution in [-0.4, -0.2) is 43.0 Å². The van der Waals surface area contributed by atoms with Crippen LogP contribution < -0.4 is 5.32 Å². The molecule has 5 nitrogen and oxygen atoms in total. The zero-order valence-electron chi connectivity index (χ0n) is 14.9. The van der Waals surface area contributed by atoms with Gasteiger partial charge >= 0.3 is 0 Å². The summed E-state index contributed by atoms with van der Waals surface area (Å²) in [7, 11) is 0. The highest BCUT2D eigenvalue weighted by Crippen LogP contribution is 2.37. The number of rotatable bonds is 3. The number of amides is 2. The molecule has 0 saturated carbocycles. The van der Waals surface area contributed by atoms with Crippen molar-refractivity contribution in [2.24, 2.45) is 0 Å². The molecule has 0 bridgehead atoms. The van der Waals surface area contributed by atoms with E-state index in [2.05, 4.69) is 5.32 Å². The summed E-state index contributed by atoms with van der Waals surface area (Å²) in [6, 6.07) is 12.2. The van der Waals surface area contributed by atoms with Gasteiger partial charge < -0.3 is 10.1 Å². The van der Waals surface area contributed by atoms with Crippen LogP contribution in [0.5, 0.6) is 0 Å². The third kappa shape index (κ3) is 3.65. The monoisotopic (exact) mass is 440 g/mol. The third-order valence-corrected chi connectivity index (χ3v) is 5.84. The van der Waals surface area contributed by atoms with E-state index in [0.717, 1.165) is 5.56 Å². The van der Waals surface area contributed by atoms with Gasteiger partial charge in [0.15, 0.2) is 0 Å². The second-order valence-corrected chi connectivity index (χ2v) is 7.53. The zero-order valence-corrected chi connectivity index (χ0v) is 17.2. The van der Waals surface area contributed by atoms with Gasteiger partial charge in [-0.1, -0.05) is 41.4 Å². The summed E-state index contributed by atoms with van der Waals surface area (Å²) >= 11 is 12.3. The number of nitrogens with one attached hydrogen (secondary N) is 1. The quantitative estimate of drug-likeness (QED) is 0.734. The minimum atomic E-state index is -0.842. The van der Waals surface area contributed by atoms with E-state index in [1.54, 1.807) is 36.4 Å². The number of halogens is 3. The Morgan fingerprint density at radius 1 is 1.00 bits per heavy atom. The minimum absolute atomic E-state index is 0. The summed E-state index contributed by atoms with van der Waals surface area (Å²) in [5.74, 6) is -0.591. The van der Waals surface area contributed by atoms with Crippen LogP contribution in [0.4, 0.5) is 0 Å². The Morgan fingerprint density at radius 2 is 1.68 bits per heavy atom. The highest BCUT2D eigenvalue weighted by atomic mass is 35.5. The Labute approximate surface area is 179 Å². The molecule has 1 atom stereocenters. The van der Waals surface area contributed by atoms with Gasteiger partial charge in [0.05, 0.1) is 34.3 Å². The maximum atomic E-state index is 12.8. The first kappa shape index (κ1) is 21.1. The maximum absolute atomic E-state index is 12.8. The van der Waals surface area contributed by atoms with E-state index in [9.17, 15) is 9.59 Å². The Morgan fingerprint density at radius 3 is 2.32 bits per heavy atom. The topological polar surface area (TPSA) is 58.6 Å². The minimum Gasteiger partial charge on any atom is -0.367 e. The van der Waals surface area contributed by atoms with E-state index in [4.69, 9.17) is 27.9 Å². The summed E-state index contributed by atoms with van der Waals surface area (Å²) in [4.78, 5) is 27.0. The van der Waals surface area contributed by atoms with Gasteiger partial charge in [-0.05, 0) is 42.8 Å². The molecule has 0 spiro atoms. The molecular weight excluding hydrogens is 423 g/mol. The van der Waals surface area contributed by atoms with E-state index in [1.165, 1.54) is 4.90 Å². The van der Waals surface area contributed by atoms with Crippen molar-refractivity contribution in [1.82, 2.24) is 10.2 Å². The molecule has 2 heterocycles. The molecule has 28 heavy (non-hydrogen) atoms. The normalized spacial score (nSPS) is 21.9. The lowest BCUT2D eigenvalue weighted by Crippen LogP contribution is -2.46. The summed E-state index contributed by atoms with van der Waals surface area (Å²) < 4.78 is 6.22. The molecule has 1 fully saturated rings. The molecule has 0 aromatic heterocycles. The van der Waals surface area contributed by atoms with Crippen molar-refractivity contribution in [3.05, 3.63) is 69.2 Å². The lowest BCUT2D eigenvalue weighted by Gasteiger charge is -2.36. The van der Waals surface area contributed by atoms with Crippen molar-refractivity contribution in [3.8, 4) is 0 Å². The van der Waals surface area contributed by atoms with Crippen LogP contribution >= 0.6 is 35.6 Å². The summed E-state index contributed by atoms with van der Waals surface area (Å²) in [6.45, 7) is 1.98. The van der Waals surface area contributed by atoms with Gasteiger partial charge in [0.25, 0.3) is 11.8 Å². The van der Waals surface area contributed by atoms with Crippen LogP contribution in [0.3, 0.4) is 0 Å². The summed E-state index contributed by atoms with van der Waals surface area (Å²) in [5, 5.41) is 4.15. The number of fused-ring (bicyclic) bond motifs is 1. The lowest BCUT2D eigenvalue weighted by atomic mass is 9.89. The molecule has 1 N–H and O–H groups in total. The largest absolute Gasteiger partial charge is 0.367 e. The molecule has 2 aromatic carbocycles. The van der Waals surface area contributed by atoms with E-state index >= 15 is 0 Å². The molecule has 148 valence electrons. The SMILES string of the molecule is Cl.O=C1c2ccccc2C(=O)N1CC1(c2ccc(Cl)c(Cl)c2)CCNCCO1. The average molecular weight is 442 g/mol. The van der Waals surface area contributed by atoms with Crippen molar-refractivity contribution in [3.63, 3.8) is 0 Å². The molecule has 0 radical (unpaired) electrons. The molecule has 4 rings (SSSR count). The fraction of sp³-hybridized carbons (Fsp3) is 0.300. The Balaban J connectivity index is 0.00000225. The number of carbonyl (C=O) groups excluding carboxylic acids is 2. The molecule has 2 aliphatic rings. The van der Waals surface area contributed by atoms with Crippen molar-refractivity contribution in [2.75, 3.05) is 26.2 Å². The molecule has 2 aromatic rings. The number of benzene rings is 2. The number of nitrogens with zero attached hydrogens (tertiary/aromatic N) is 1. The smallest absolute Gasteiger partial charge is 0.261 e. The molecule has 1 unspecified atom stereocenters. The number of imide groups is 1. The predicted octanol–water partition coefficient (Wildman–Crippen LogP) is 3.92. The van der Waals surface area contributed by atoms with Gasteiger partial charge in [0, 0.05) is 6.54 Å². The van der Waals surface area contributed by atoms with Crippen molar-refractivity contribution in [2.45, 2.75) is 12.0 Å². The van der Waals surface area contributed by atoms with Crippen LogP contribution in [0, 0.1) is 0 Å². The summed E-state index contributed by atoms with van der Waals surface area (Å²) in [6.07, 6.45) is 0.596. The fourth-order valence-electron chi connectivity index (χ4n) is 3.67. The van der Waals surface area contributed by atoms with Crippen LogP contribution in [-0.2, 0) is 10.3 Å². The van der Waals surface area contributed by atoms with Crippen LogP contribution in [0.15, 0.2) is 42.5 Å². The highest BCUT2D eigenvalue weighted by Gasteiger charge is 2.43. The van der Waals surface area contributed by atoms with Gasteiger partial charge in [-0.2, -0.15) is 0 Å². The number of ether oxygens (including phenoxy) is 1. The molecular formula is C20H19Cl3N2O3. The summed E-state index contributed by atoms with van der Waals surface area (Å²) in [5.41, 5.74) is 0.819. The number of carbonyl (C=O) groups is 2. The van der Waals surface area contributed by atoms with E-state index < -0.39 is 5.60 Å². The molecule has 2 amide bonds. The number of hydrogen-bond donors (Lipinski definition) is 1. The Hall–Kier alpha value is -1.63. The van der Waals surface area contributed by atoms with Crippen LogP contribution in [0.25, 0.3) is 0 Å². The van der Waals surface area contributed by atoms with Gasteiger partial charge in [0.1, 0.15) is 5.60 Å². The maximum Gasteiger partial charge on any atom is 0.261 e. The second kappa shape index (κ2) is 8.39. The van der Waals surface area contributed by atoms with E-state index in [0.29, 0.717) is 47.3 Å². The van der Waals surface area contributed by atoms with Gasteiger partial charge in [-0.15, -0.1) is 12.4 Å². The molecule has 2 aliphatic heterocycles. The van der Waals surface area contributed by atoms with Crippen LogP contribution in [0.1, 0.15) is 32.7 Å². The van der Waals surface area contributed by atoms with Crippen molar-refractivity contribution < 1.29 is 14.3 Å². The predicted molar refractivity (Wildman–Crippen MR) is 111 cm³/mol. The van der Waals surface area contributed by atoms with Crippen molar-refractivity contribution in [1.29, 1.82) is 0 Å². The lowest BCUT2D eigenvalue weighted by molar-refractivity contribution is -0.0562. The van der Waals surface area contributed by atoms with E-state index in [1.807, 2.05) is 6.07 Å². The first-order valence-corrected chi connectivity index (χ1v) is 9.53. The Bertz CT molecular complexity index is 876. The van der Waals surface area contributed by atoms with Crippen molar-refractivity contribution >= 4 is 47.4 Å². The van der Waals surface area contributed by atoms with Gasteiger partial charge in [0.2, 0.25) is 0 Å². The molecule has 1 saturated heterocycles. The molecule has 0 aliphatic carbocycles. The molecule has 8 heteroatoms. The van der Waals surface area contributed by atoms with Crippen LogP contribution in [0.2, 0.25) is 10.0 Å². The number of hydrogen-bond acceptors (Lipinski definition) is 4. The highest BCUT2D eigenvalue weighted by molar-refractivity contribution is 6.42. The first-order valence-electron chi connectivity index (χ1n) is 8.77. The third-order valence-electron chi connectivity index (χ3n) is 5.10.